The van der Waals surface area contributed by atoms with Gasteiger partial charge in [0.1, 0.15) is 36.9 Å². The quantitative estimate of drug-likeness (QED) is 0.0629. The molecule has 0 aliphatic carbocycles. The molecule has 0 unspecified atom stereocenters. The molecule has 1 aromatic rings. The Morgan fingerprint density at radius 2 is 1.29 bits per heavy atom. The minimum absolute atomic E-state index is 0.0691. The number of esters is 1. The third-order valence-electron chi connectivity index (χ3n) is 4.66. The number of rotatable bonds is 21. The second kappa shape index (κ2) is 21.7. The van der Waals surface area contributed by atoms with Crippen LogP contribution in [0, 0.1) is 29.7 Å². The standard InChI is InChI=1S/C28H39N3O10/c1-4-26(32)40-15-13-34-9-11-36-21-28(2,3)22-37-12-10-35-14-16-41-27(33)31-20-23-17-24(38-7-5-29)19-25(18-23)39-8-6-30/h4,17-19H,1,9-16,20-22,29-30H2,2-3H3,(H,31,33). The summed E-state index contributed by atoms with van der Waals surface area (Å²) >= 11 is 0. The molecule has 0 heterocycles. The second-order valence-electron chi connectivity index (χ2n) is 8.86. The zero-order valence-corrected chi connectivity index (χ0v) is 23.5. The molecule has 13 heteroatoms. The number of ether oxygens (including phenoxy) is 8. The number of alkyl carbamates (subject to hydrolysis) is 1. The molecule has 0 aliphatic heterocycles. The fourth-order valence-electron chi connectivity index (χ4n) is 2.88. The molecule has 0 bridgehead atoms. The van der Waals surface area contributed by atoms with Crippen molar-refractivity contribution in [2.75, 3.05) is 66.1 Å². The minimum Gasteiger partial charge on any atom is -0.460 e. The van der Waals surface area contributed by atoms with Gasteiger partial charge in [0.05, 0.1) is 52.9 Å². The highest BCUT2D eigenvalue weighted by Gasteiger charge is 2.18. The maximum absolute atomic E-state index is 12.0. The van der Waals surface area contributed by atoms with Gasteiger partial charge in [0.15, 0.2) is 0 Å². The van der Waals surface area contributed by atoms with E-state index in [-0.39, 0.29) is 31.8 Å². The Morgan fingerprint density at radius 3 is 1.80 bits per heavy atom. The van der Waals surface area contributed by atoms with Gasteiger partial charge in [-0.05, 0) is 17.7 Å². The van der Waals surface area contributed by atoms with E-state index in [4.69, 9.17) is 49.4 Å². The smallest absolute Gasteiger partial charge is 0.407 e. The summed E-state index contributed by atoms with van der Waals surface area (Å²) in [7, 11) is 0. The van der Waals surface area contributed by atoms with Crippen molar-refractivity contribution in [1.29, 1.82) is 0 Å². The molecular formula is C28H39N3O10. The zero-order valence-electron chi connectivity index (χ0n) is 23.5. The number of carbonyl (C=O) groups excluding carboxylic acids is 2. The Morgan fingerprint density at radius 1 is 0.805 bits per heavy atom. The Kier molecular flexibility index (Phi) is 18.4. The summed E-state index contributed by atoms with van der Waals surface area (Å²) < 4.78 is 42.3. The molecule has 1 rings (SSSR count). The average Bonchev–Trinajstić information content (AvgIpc) is 2.96. The third kappa shape index (κ3) is 18.7. The number of benzene rings is 1. The van der Waals surface area contributed by atoms with Crippen LogP contribution >= 0.6 is 0 Å². The predicted octanol–water partition coefficient (Wildman–Crippen LogP) is 1.25. The van der Waals surface area contributed by atoms with E-state index in [9.17, 15) is 9.59 Å². The number of carbonyl (C=O) groups is 2. The molecule has 0 saturated carbocycles. The Hall–Kier alpha value is -4.14. The van der Waals surface area contributed by atoms with Gasteiger partial charge in [0.25, 0.3) is 0 Å². The summed E-state index contributed by atoms with van der Waals surface area (Å²) in [6, 6.07) is 9.09. The van der Waals surface area contributed by atoms with E-state index in [1.807, 2.05) is 13.8 Å². The van der Waals surface area contributed by atoms with E-state index in [0.717, 1.165) is 6.08 Å². The first-order valence-electron chi connectivity index (χ1n) is 12.7. The molecule has 0 spiro atoms. The van der Waals surface area contributed by atoms with E-state index >= 15 is 0 Å². The van der Waals surface area contributed by atoms with Crippen LogP contribution in [0.25, 0.3) is 0 Å². The van der Waals surface area contributed by atoms with E-state index < -0.39 is 12.1 Å². The molecule has 0 atom stereocenters. The van der Waals surface area contributed by atoms with E-state index in [1.54, 1.807) is 18.2 Å². The Labute approximate surface area is 240 Å². The van der Waals surface area contributed by atoms with Gasteiger partial charge in [-0.25, -0.2) is 9.59 Å². The lowest BCUT2D eigenvalue weighted by Crippen LogP contribution is -2.27. The molecule has 0 aromatic heterocycles. The highest BCUT2D eigenvalue weighted by Crippen LogP contribution is 2.23. The maximum atomic E-state index is 12.0. The van der Waals surface area contributed by atoms with Crippen molar-refractivity contribution in [1.82, 2.24) is 5.32 Å². The van der Waals surface area contributed by atoms with Gasteiger partial charge in [-0.3, -0.25) is 0 Å². The molecule has 13 nitrogen and oxygen atoms in total. The average molecular weight is 578 g/mol. The summed E-state index contributed by atoms with van der Waals surface area (Å²) in [5, 5.41) is 2.62. The first-order chi connectivity index (χ1) is 19.8. The topological polar surface area (TPSA) is 172 Å². The van der Waals surface area contributed by atoms with Crippen LogP contribution in [0.4, 0.5) is 4.79 Å². The van der Waals surface area contributed by atoms with Gasteiger partial charge in [0, 0.05) is 36.2 Å². The van der Waals surface area contributed by atoms with Gasteiger partial charge in [-0.2, -0.15) is 0 Å². The van der Waals surface area contributed by atoms with Gasteiger partial charge < -0.3 is 54.7 Å². The summed E-state index contributed by atoms with van der Waals surface area (Å²) in [4.78, 5) is 22.9. The summed E-state index contributed by atoms with van der Waals surface area (Å²) in [6.45, 7) is 10.8. The third-order valence-corrected chi connectivity index (χ3v) is 4.66. The van der Waals surface area contributed by atoms with Crippen LogP contribution in [0.3, 0.4) is 0 Å². The van der Waals surface area contributed by atoms with Crippen LogP contribution in [0.2, 0.25) is 0 Å². The number of hydrogen-bond acceptors (Lipinski definition) is 12. The van der Waals surface area contributed by atoms with E-state index in [1.165, 1.54) is 0 Å². The molecule has 0 aliphatic rings. The van der Waals surface area contributed by atoms with Crippen molar-refractivity contribution in [3.8, 4) is 35.8 Å². The Bertz CT molecular complexity index is 1020. The van der Waals surface area contributed by atoms with Crippen molar-refractivity contribution in [3.63, 3.8) is 0 Å². The normalized spacial score (nSPS) is 10.3. The predicted molar refractivity (Wildman–Crippen MR) is 148 cm³/mol. The number of nitrogens with one attached hydrogen (secondary N) is 1. The van der Waals surface area contributed by atoms with Gasteiger partial charge in [-0.15, -0.1) is 0 Å². The number of hydrogen-bond donors (Lipinski definition) is 3. The van der Waals surface area contributed by atoms with Crippen molar-refractivity contribution in [3.05, 3.63) is 36.4 Å². The monoisotopic (exact) mass is 577 g/mol. The molecule has 226 valence electrons. The lowest BCUT2D eigenvalue weighted by molar-refractivity contribution is -0.139. The number of nitrogens with two attached hydrogens (primary N) is 2. The SMILES string of the molecule is C=CC(=O)OCCOCCOCC(C)(C)COCCOCCOC(=O)NCc1cc(OC#CN)cc(OC#CN)c1. The van der Waals surface area contributed by atoms with Crippen LogP contribution in [-0.2, 0) is 39.8 Å². The fourth-order valence-corrected chi connectivity index (χ4v) is 2.88. The summed E-state index contributed by atoms with van der Waals surface area (Å²) in [6.07, 6.45) is 5.03. The highest BCUT2D eigenvalue weighted by atomic mass is 16.6. The molecule has 41 heavy (non-hydrogen) atoms. The first-order valence-corrected chi connectivity index (χ1v) is 12.7. The molecule has 5 N–H and O–H groups in total. The van der Waals surface area contributed by atoms with Gasteiger partial charge in [-0.1, -0.05) is 20.4 Å². The lowest BCUT2D eigenvalue weighted by atomic mass is 9.96. The van der Waals surface area contributed by atoms with Crippen LogP contribution in [0.5, 0.6) is 11.5 Å². The Balaban J connectivity index is 2.12. The molecule has 0 saturated heterocycles. The van der Waals surface area contributed by atoms with Gasteiger partial charge >= 0.3 is 12.1 Å². The highest BCUT2D eigenvalue weighted by molar-refractivity contribution is 5.81. The second-order valence-corrected chi connectivity index (χ2v) is 8.86. The van der Waals surface area contributed by atoms with E-state index in [0.29, 0.717) is 63.3 Å². The van der Waals surface area contributed by atoms with Crippen LogP contribution in [0.1, 0.15) is 19.4 Å². The molecular weight excluding hydrogens is 538 g/mol. The summed E-state index contributed by atoms with van der Waals surface area (Å²) in [5.41, 5.74) is 10.7. The minimum atomic E-state index is -0.620. The van der Waals surface area contributed by atoms with Crippen molar-refractivity contribution in [2.24, 2.45) is 16.9 Å². The van der Waals surface area contributed by atoms with E-state index in [2.05, 4.69) is 36.2 Å². The molecule has 1 aromatic carbocycles. The fraction of sp³-hybridized carbons (Fsp3) is 0.500. The molecule has 0 fully saturated rings. The van der Waals surface area contributed by atoms with Gasteiger partial charge in [0.2, 0.25) is 0 Å². The van der Waals surface area contributed by atoms with Crippen molar-refractivity contribution in [2.45, 2.75) is 20.4 Å². The van der Waals surface area contributed by atoms with Crippen molar-refractivity contribution >= 4 is 12.1 Å². The van der Waals surface area contributed by atoms with Crippen LogP contribution in [-0.4, -0.2) is 78.1 Å². The summed E-state index contributed by atoms with van der Waals surface area (Å²) in [5.74, 6) is 0.224. The first kappa shape index (κ1) is 34.9. The largest absolute Gasteiger partial charge is 0.460 e. The van der Waals surface area contributed by atoms with Crippen LogP contribution in [0.15, 0.2) is 30.9 Å². The maximum Gasteiger partial charge on any atom is 0.407 e. The number of amides is 1. The molecule has 0 radical (unpaired) electrons. The zero-order chi connectivity index (χ0) is 30.2. The van der Waals surface area contributed by atoms with Crippen molar-refractivity contribution < 1.29 is 47.5 Å². The lowest BCUT2D eigenvalue weighted by Gasteiger charge is -2.24. The molecule has 1 amide bonds. The van der Waals surface area contributed by atoms with Crippen LogP contribution < -0.4 is 26.3 Å².